The first-order chi connectivity index (χ1) is 8.06. The van der Waals surface area contributed by atoms with E-state index in [4.69, 9.17) is 10.5 Å². The second kappa shape index (κ2) is 6.43. The highest BCUT2D eigenvalue weighted by Crippen LogP contribution is 2.18. The molecule has 3 N–H and O–H groups in total. The highest BCUT2D eigenvalue weighted by molar-refractivity contribution is 7.17. The minimum atomic E-state index is -0.303. The Balaban J connectivity index is 2.52. The molecule has 0 aliphatic heterocycles. The fraction of sp³-hybridized carbons (Fsp3) is 0.500. The summed E-state index contributed by atoms with van der Waals surface area (Å²) < 4.78 is 4.99. The number of ketones is 1. The zero-order valence-electron chi connectivity index (χ0n) is 9.73. The Hall–Kier alpha value is -1.31. The summed E-state index contributed by atoms with van der Waals surface area (Å²) >= 11 is 1.15. The van der Waals surface area contributed by atoms with E-state index >= 15 is 0 Å². The normalized spacial score (nSPS) is 12.2. The van der Waals surface area contributed by atoms with Crippen molar-refractivity contribution in [2.45, 2.75) is 19.4 Å². The van der Waals surface area contributed by atoms with Gasteiger partial charge in [0.1, 0.15) is 0 Å². The van der Waals surface area contributed by atoms with Gasteiger partial charge in [-0.05, 0) is 0 Å². The van der Waals surface area contributed by atoms with Gasteiger partial charge in [0.15, 0.2) is 10.9 Å². The maximum absolute atomic E-state index is 11.6. The van der Waals surface area contributed by atoms with Crippen LogP contribution in [0.15, 0.2) is 6.20 Å². The SMILES string of the molecule is COC(CN)CC(=O)Nc1ncc(C(C)=O)s1. The summed E-state index contributed by atoms with van der Waals surface area (Å²) in [6.45, 7) is 1.73. The van der Waals surface area contributed by atoms with Crippen LogP contribution in [-0.2, 0) is 9.53 Å². The molecule has 1 rings (SSSR count). The maximum atomic E-state index is 11.6. The molecule has 1 aromatic rings. The first-order valence-electron chi connectivity index (χ1n) is 5.06. The summed E-state index contributed by atoms with van der Waals surface area (Å²) in [4.78, 5) is 27.0. The quantitative estimate of drug-likeness (QED) is 0.730. The molecular weight excluding hydrogens is 242 g/mol. The molecule has 0 saturated heterocycles. The van der Waals surface area contributed by atoms with Crippen molar-refractivity contribution < 1.29 is 14.3 Å². The number of nitrogens with zero attached hydrogens (tertiary/aromatic N) is 1. The molecule has 0 aromatic carbocycles. The number of amides is 1. The van der Waals surface area contributed by atoms with Crippen LogP contribution >= 0.6 is 11.3 Å². The molecule has 0 fully saturated rings. The number of Topliss-reactive ketones (excluding diaryl/α,β-unsaturated/α-hetero) is 1. The molecule has 1 aromatic heterocycles. The van der Waals surface area contributed by atoms with Crippen molar-refractivity contribution in [3.63, 3.8) is 0 Å². The standard InChI is InChI=1S/C10H15N3O3S/c1-6(14)8-5-12-10(17-8)13-9(15)3-7(4-11)16-2/h5,7H,3-4,11H2,1-2H3,(H,12,13,15). The van der Waals surface area contributed by atoms with Crippen LogP contribution in [0.5, 0.6) is 0 Å². The molecule has 1 heterocycles. The largest absolute Gasteiger partial charge is 0.380 e. The Kier molecular flexibility index (Phi) is 5.20. The van der Waals surface area contributed by atoms with E-state index in [1.165, 1.54) is 20.2 Å². The molecule has 7 heteroatoms. The van der Waals surface area contributed by atoms with E-state index in [-0.39, 0.29) is 30.8 Å². The number of carbonyl (C=O) groups excluding carboxylic acids is 2. The lowest BCUT2D eigenvalue weighted by Gasteiger charge is -2.11. The van der Waals surface area contributed by atoms with Gasteiger partial charge in [0.2, 0.25) is 5.91 Å². The van der Waals surface area contributed by atoms with E-state index in [9.17, 15) is 9.59 Å². The highest BCUT2D eigenvalue weighted by atomic mass is 32.1. The molecule has 94 valence electrons. The van der Waals surface area contributed by atoms with E-state index in [0.29, 0.717) is 10.0 Å². The Morgan fingerprint density at radius 2 is 2.35 bits per heavy atom. The molecule has 0 aliphatic carbocycles. The van der Waals surface area contributed by atoms with Crippen molar-refractivity contribution in [1.82, 2.24) is 4.98 Å². The van der Waals surface area contributed by atoms with Crippen molar-refractivity contribution in [3.05, 3.63) is 11.1 Å². The van der Waals surface area contributed by atoms with Gasteiger partial charge in [0.25, 0.3) is 0 Å². The summed E-state index contributed by atoms with van der Waals surface area (Å²) in [5.41, 5.74) is 5.41. The summed E-state index contributed by atoms with van der Waals surface area (Å²) in [5.74, 6) is -0.300. The second-order valence-electron chi connectivity index (χ2n) is 3.43. The topological polar surface area (TPSA) is 94.3 Å². The number of aromatic nitrogens is 1. The van der Waals surface area contributed by atoms with Crippen molar-refractivity contribution in [2.24, 2.45) is 5.73 Å². The van der Waals surface area contributed by atoms with Crippen LogP contribution in [0.25, 0.3) is 0 Å². The zero-order valence-corrected chi connectivity index (χ0v) is 10.5. The fourth-order valence-electron chi connectivity index (χ4n) is 1.13. The lowest BCUT2D eigenvalue weighted by molar-refractivity contribution is -0.118. The number of thiazole rings is 1. The van der Waals surface area contributed by atoms with Gasteiger partial charge in [-0.15, -0.1) is 0 Å². The van der Waals surface area contributed by atoms with Crippen LogP contribution in [0.3, 0.4) is 0 Å². The molecule has 0 spiro atoms. The summed E-state index contributed by atoms with van der Waals surface area (Å²) in [6.07, 6.45) is 1.31. The van der Waals surface area contributed by atoms with Gasteiger partial charge in [0, 0.05) is 20.6 Å². The molecule has 0 radical (unpaired) electrons. The first-order valence-corrected chi connectivity index (χ1v) is 5.88. The number of hydrogen-bond acceptors (Lipinski definition) is 6. The molecule has 17 heavy (non-hydrogen) atoms. The molecule has 1 amide bonds. The number of anilines is 1. The number of carbonyl (C=O) groups is 2. The summed E-state index contributed by atoms with van der Waals surface area (Å²) in [7, 11) is 1.50. The van der Waals surface area contributed by atoms with Crippen LogP contribution in [0, 0.1) is 0 Å². The Labute approximate surface area is 103 Å². The van der Waals surface area contributed by atoms with Crippen molar-refractivity contribution in [1.29, 1.82) is 0 Å². The smallest absolute Gasteiger partial charge is 0.228 e. The number of ether oxygens (including phenoxy) is 1. The predicted molar refractivity (Wildman–Crippen MR) is 65.2 cm³/mol. The minimum Gasteiger partial charge on any atom is -0.380 e. The minimum absolute atomic E-state index is 0.0697. The predicted octanol–water partition coefficient (Wildman–Crippen LogP) is 0.648. The third kappa shape index (κ3) is 4.22. The van der Waals surface area contributed by atoms with Crippen molar-refractivity contribution in [3.8, 4) is 0 Å². The molecular formula is C10H15N3O3S. The molecule has 0 bridgehead atoms. The number of hydrogen-bond donors (Lipinski definition) is 2. The first kappa shape index (κ1) is 13.8. The maximum Gasteiger partial charge on any atom is 0.228 e. The van der Waals surface area contributed by atoms with E-state index < -0.39 is 0 Å². The fourth-order valence-corrected chi connectivity index (χ4v) is 1.86. The van der Waals surface area contributed by atoms with Gasteiger partial charge in [-0.3, -0.25) is 9.59 Å². The van der Waals surface area contributed by atoms with E-state index in [1.807, 2.05) is 0 Å². The zero-order chi connectivity index (χ0) is 12.8. The van der Waals surface area contributed by atoms with Crippen LogP contribution in [0.2, 0.25) is 0 Å². The second-order valence-corrected chi connectivity index (χ2v) is 4.46. The Bertz CT molecular complexity index is 401. The van der Waals surface area contributed by atoms with Crippen molar-refractivity contribution >= 4 is 28.2 Å². The third-order valence-corrected chi connectivity index (χ3v) is 3.12. The van der Waals surface area contributed by atoms with Gasteiger partial charge in [-0.25, -0.2) is 4.98 Å². The van der Waals surface area contributed by atoms with Crippen LogP contribution < -0.4 is 11.1 Å². The van der Waals surface area contributed by atoms with Crippen LogP contribution in [0.1, 0.15) is 23.0 Å². The van der Waals surface area contributed by atoms with Gasteiger partial charge in [-0.2, -0.15) is 0 Å². The summed E-state index contributed by atoms with van der Waals surface area (Å²) in [5, 5.41) is 3.01. The monoisotopic (exact) mass is 257 g/mol. The number of rotatable bonds is 6. The summed E-state index contributed by atoms with van der Waals surface area (Å²) in [6, 6.07) is 0. The van der Waals surface area contributed by atoms with Crippen molar-refractivity contribution in [2.75, 3.05) is 19.0 Å². The Morgan fingerprint density at radius 1 is 1.65 bits per heavy atom. The lowest BCUT2D eigenvalue weighted by atomic mass is 10.2. The lowest BCUT2D eigenvalue weighted by Crippen LogP contribution is -2.28. The van der Waals surface area contributed by atoms with E-state index in [0.717, 1.165) is 11.3 Å². The average molecular weight is 257 g/mol. The number of nitrogens with two attached hydrogens (primary N) is 1. The highest BCUT2D eigenvalue weighted by Gasteiger charge is 2.13. The molecule has 6 nitrogen and oxygen atoms in total. The van der Waals surface area contributed by atoms with Crippen LogP contribution in [0.4, 0.5) is 5.13 Å². The van der Waals surface area contributed by atoms with Gasteiger partial charge in [-0.1, -0.05) is 11.3 Å². The molecule has 0 saturated carbocycles. The number of nitrogens with one attached hydrogen (secondary N) is 1. The van der Waals surface area contributed by atoms with Gasteiger partial charge >= 0.3 is 0 Å². The number of methoxy groups -OCH3 is 1. The molecule has 1 atom stereocenters. The third-order valence-electron chi connectivity index (χ3n) is 2.11. The molecule has 0 aliphatic rings. The van der Waals surface area contributed by atoms with Crippen LogP contribution in [-0.4, -0.2) is 36.4 Å². The van der Waals surface area contributed by atoms with Gasteiger partial charge < -0.3 is 15.8 Å². The Morgan fingerprint density at radius 3 is 2.82 bits per heavy atom. The van der Waals surface area contributed by atoms with Gasteiger partial charge in [0.05, 0.1) is 23.6 Å². The van der Waals surface area contributed by atoms with E-state index in [1.54, 1.807) is 0 Å². The molecule has 1 unspecified atom stereocenters. The average Bonchev–Trinajstić information content (AvgIpc) is 2.74. The van der Waals surface area contributed by atoms with E-state index in [2.05, 4.69) is 10.3 Å².